The van der Waals surface area contributed by atoms with Crippen molar-refractivity contribution in [2.75, 3.05) is 13.1 Å². The third kappa shape index (κ3) is 3.14. The lowest BCUT2D eigenvalue weighted by Crippen LogP contribution is -2.46. The summed E-state index contributed by atoms with van der Waals surface area (Å²) in [4.78, 5) is 0. The second kappa shape index (κ2) is 5.16. The van der Waals surface area contributed by atoms with E-state index >= 15 is 0 Å². The van der Waals surface area contributed by atoms with Gasteiger partial charge in [-0.1, -0.05) is 0 Å². The minimum absolute atomic E-state index is 0.342. The van der Waals surface area contributed by atoms with E-state index in [9.17, 15) is 18.3 Å². The molecule has 1 fully saturated rings. The molecule has 1 saturated heterocycles. The molecule has 1 aromatic rings. The van der Waals surface area contributed by atoms with Crippen molar-refractivity contribution in [2.24, 2.45) is 0 Å². The molecule has 1 aliphatic heterocycles. The number of ether oxygens (including phenoxy) is 1. The van der Waals surface area contributed by atoms with Crippen LogP contribution in [0, 0.1) is 0 Å². The van der Waals surface area contributed by atoms with Crippen molar-refractivity contribution in [1.82, 2.24) is 5.32 Å². The van der Waals surface area contributed by atoms with Crippen LogP contribution in [0.25, 0.3) is 0 Å². The van der Waals surface area contributed by atoms with E-state index < -0.39 is 17.8 Å². The smallest absolute Gasteiger partial charge is 0.416 e. The van der Waals surface area contributed by atoms with Gasteiger partial charge in [-0.25, -0.2) is 0 Å². The monoisotopic (exact) mass is 261 g/mol. The van der Waals surface area contributed by atoms with Crippen LogP contribution in [0.2, 0.25) is 0 Å². The first-order valence-electron chi connectivity index (χ1n) is 5.69. The molecule has 0 aliphatic carbocycles. The summed E-state index contributed by atoms with van der Waals surface area (Å²) in [5, 5.41) is 12.6. The van der Waals surface area contributed by atoms with Gasteiger partial charge in [-0.2, -0.15) is 13.2 Å². The molecule has 1 aliphatic rings. The second-order valence-corrected chi connectivity index (χ2v) is 4.24. The molecule has 0 amide bonds. The zero-order chi connectivity index (χ0) is 13.2. The van der Waals surface area contributed by atoms with E-state index in [0.717, 1.165) is 18.7 Å². The van der Waals surface area contributed by atoms with Gasteiger partial charge in [0, 0.05) is 6.54 Å². The van der Waals surface area contributed by atoms with Crippen molar-refractivity contribution in [3.63, 3.8) is 0 Å². The predicted octanol–water partition coefficient (Wildman–Crippen LogP) is 1.81. The molecule has 100 valence electrons. The average molecular weight is 261 g/mol. The summed E-state index contributed by atoms with van der Waals surface area (Å²) in [6, 6.07) is 4.50. The summed E-state index contributed by atoms with van der Waals surface area (Å²) in [5.74, 6) is 0.342. The van der Waals surface area contributed by atoms with Crippen LogP contribution >= 0.6 is 0 Å². The van der Waals surface area contributed by atoms with E-state index in [2.05, 4.69) is 5.32 Å². The molecule has 0 spiro atoms. The summed E-state index contributed by atoms with van der Waals surface area (Å²) in [7, 11) is 0. The highest BCUT2D eigenvalue weighted by molar-refractivity contribution is 5.29. The quantitative estimate of drug-likeness (QED) is 0.853. The Labute approximate surface area is 103 Å². The number of hydrogen-bond donors (Lipinski definition) is 2. The van der Waals surface area contributed by atoms with Crippen LogP contribution in [0.3, 0.4) is 0 Å². The Kier molecular flexibility index (Phi) is 3.77. The molecule has 3 nitrogen and oxygen atoms in total. The van der Waals surface area contributed by atoms with Gasteiger partial charge in [0.05, 0.1) is 5.56 Å². The number of hydrogen-bond acceptors (Lipinski definition) is 3. The van der Waals surface area contributed by atoms with E-state index in [1.54, 1.807) is 0 Å². The number of aliphatic hydroxyl groups is 1. The molecule has 2 rings (SSSR count). The Morgan fingerprint density at radius 3 is 2.44 bits per heavy atom. The summed E-state index contributed by atoms with van der Waals surface area (Å²) >= 11 is 0. The largest absolute Gasteiger partial charge is 0.488 e. The summed E-state index contributed by atoms with van der Waals surface area (Å²) in [5.41, 5.74) is -0.708. The Morgan fingerprint density at radius 2 is 1.89 bits per heavy atom. The molecule has 18 heavy (non-hydrogen) atoms. The Balaban J connectivity index is 2.02. The molecule has 6 heteroatoms. The van der Waals surface area contributed by atoms with Crippen LogP contribution < -0.4 is 10.1 Å². The number of halogens is 3. The highest BCUT2D eigenvalue weighted by Gasteiger charge is 2.30. The second-order valence-electron chi connectivity index (χ2n) is 4.24. The third-order valence-corrected chi connectivity index (χ3v) is 2.86. The Morgan fingerprint density at radius 1 is 1.22 bits per heavy atom. The highest BCUT2D eigenvalue weighted by Crippen LogP contribution is 2.30. The van der Waals surface area contributed by atoms with Crippen molar-refractivity contribution in [3.8, 4) is 5.75 Å². The topological polar surface area (TPSA) is 41.5 Å². The van der Waals surface area contributed by atoms with Gasteiger partial charge in [0.1, 0.15) is 18.0 Å². The summed E-state index contributed by atoms with van der Waals surface area (Å²) < 4.78 is 42.5. The van der Waals surface area contributed by atoms with E-state index in [-0.39, 0.29) is 6.10 Å². The maximum absolute atomic E-state index is 12.4. The molecular weight excluding hydrogens is 247 g/mol. The molecule has 0 aromatic heterocycles. The van der Waals surface area contributed by atoms with Gasteiger partial charge < -0.3 is 15.2 Å². The molecule has 2 N–H and O–H groups in total. The number of alkyl halides is 3. The van der Waals surface area contributed by atoms with Gasteiger partial charge in [-0.05, 0) is 37.2 Å². The summed E-state index contributed by atoms with van der Waals surface area (Å²) in [6.07, 6.45) is -4.72. The molecule has 2 unspecified atom stereocenters. The maximum Gasteiger partial charge on any atom is 0.416 e. The first-order valence-corrected chi connectivity index (χ1v) is 5.69. The molecule has 0 bridgehead atoms. The van der Waals surface area contributed by atoms with Gasteiger partial charge in [-0.15, -0.1) is 0 Å². The first kappa shape index (κ1) is 13.2. The van der Waals surface area contributed by atoms with Crippen LogP contribution in [0.15, 0.2) is 24.3 Å². The number of benzene rings is 1. The molecular formula is C12H14F3NO2. The summed E-state index contributed by atoms with van der Waals surface area (Å²) in [6.45, 7) is 1.16. The molecule has 0 saturated carbocycles. The highest BCUT2D eigenvalue weighted by atomic mass is 19.4. The average Bonchev–Trinajstić information content (AvgIpc) is 2.32. The zero-order valence-corrected chi connectivity index (χ0v) is 9.57. The van der Waals surface area contributed by atoms with Gasteiger partial charge in [0.15, 0.2) is 0 Å². The van der Waals surface area contributed by atoms with Crippen molar-refractivity contribution in [2.45, 2.75) is 24.8 Å². The van der Waals surface area contributed by atoms with Gasteiger partial charge in [0.25, 0.3) is 0 Å². The van der Waals surface area contributed by atoms with Crippen LogP contribution in [-0.2, 0) is 6.18 Å². The van der Waals surface area contributed by atoms with Crippen LogP contribution in [-0.4, -0.2) is 30.4 Å². The van der Waals surface area contributed by atoms with Crippen LogP contribution in [0.5, 0.6) is 5.75 Å². The van der Waals surface area contributed by atoms with Gasteiger partial charge in [0.2, 0.25) is 0 Å². The zero-order valence-electron chi connectivity index (χ0n) is 9.57. The van der Waals surface area contributed by atoms with Crippen LogP contribution in [0.1, 0.15) is 12.0 Å². The molecule has 2 atom stereocenters. The van der Waals surface area contributed by atoms with E-state index in [4.69, 9.17) is 4.74 Å². The van der Waals surface area contributed by atoms with E-state index in [1.165, 1.54) is 12.1 Å². The molecule has 0 radical (unpaired) electrons. The Bertz CT molecular complexity index is 391. The van der Waals surface area contributed by atoms with Gasteiger partial charge in [-0.3, -0.25) is 0 Å². The Hall–Kier alpha value is -1.27. The van der Waals surface area contributed by atoms with Crippen LogP contribution in [0.4, 0.5) is 13.2 Å². The van der Waals surface area contributed by atoms with E-state index in [1.807, 2.05) is 0 Å². The fourth-order valence-electron chi connectivity index (χ4n) is 1.85. The minimum atomic E-state index is -4.34. The normalized spacial score (nSPS) is 24.9. The minimum Gasteiger partial charge on any atom is -0.488 e. The van der Waals surface area contributed by atoms with E-state index in [0.29, 0.717) is 18.7 Å². The fraction of sp³-hybridized carbons (Fsp3) is 0.500. The molecule has 1 aromatic carbocycles. The molecule has 1 heterocycles. The maximum atomic E-state index is 12.4. The number of β-amino-alcohol motifs (C(OH)–C–C–N with tert-alkyl or cyclic N) is 1. The number of rotatable bonds is 2. The first-order chi connectivity index (χ1) is 8.47. The lowest BCUT2D eigenvalue weighted by Gasteiger charge is -2.28. The fourth-order valence-corrected chi connectivity index (χ4v) is 1.85. The number of aliphatic hydroxyl groups excluding tert-OH is 1. The SMILES string of the molecule is OC1CNCCC1Oc1ccc(C(F)(F)F)cc1. The number of piperidine rings is 1. The predicted molar refractivity (Wildman–Crippen MR) is 59.4 cm³/mol. The van der Waals surface area contributed by atoms with Crippen molar-refractivity contribution >= 4 is 0 Å². The third-order valence-electron chi connectivity index (χ3n) is 2.86. The van der Waals surface area contributed by atoms with Crippen molar-refractivity contribution in [3.05, 3.63) is 29.8 Å². The van der Waals surface area contributed by atoms with Crippen molar-refractivity contribution < 1.29 is 23.0 Å². The van der Waals surface area contributed by atoms with Crippen molar-refractivity contribution in [1.29, 1.82) is 0 Å². The lowest BCUT2D eigenvalue weighted by molar-refractivity contribution is -0.137. The van der Waals surface area contributed by atoms with Gasteiger partial charge >= 0.3 is 6.18 Å². The lowest BCUT2D eigenvalue weighted by atomic mass is 10.1. The standard InChI is InChI=1S/C12H14F3NO2/c13-12(14,15)8-1-3-9(4-2-8)18-11-5-6-16-7-10(11)17/h1-4,10-11,16-17H,5-7H2. The number of nitrogens with one attached hydrogen (secondary N) is 1.